The van der Waals surface area contributed by atoms with Gasteiger partial charge in [0.25, 0.3) is 0 Å². The maximum Gasteiger partial charge on any atom is 0.305 e. The molecule has 4 heteroatoms. The van der Waals surface area contributed by atoms with E-state index in [9.17, 15) is 9.59 Å². The number of ether oxygens (including phenoxy) is 1. The standard InChI is InChI=1S/C14H17NO3/c1-18-13(17)7-6-12(16)9-11-5-4-10-3-2-8-15-14(10)11/h2-3,8,11H,4-7,9H2,1H3. The first-order valence-electron chi connectivity index (χ1n) is 6.23. The number of aryl methyl sites for hydroxylation is 1. The molecule has 1 aliphatic carbocycles. The topological polar surface area (TPSA) is 56.3 Å². The molecular formula is C14H17NO3. The van der Waals surface area contributed by atoms with Crippen molar-refractivity contribution in [3.05, 3.63) is 29.6 Å². The van der Waals surface area contributed by atoms with Gasteiger partial charge >= 0.3 is 5.97 Å². The van der Waals surface area contributed by atoms with Gasteiger partial charge in [-0.05, 0) is 24.5 Å². The zero-order chi connectivity index (χ0) is 13.0. The Morgan fingerprint density at radius 1 is 1.44 bits per heavy atom. The van der Waals surface area contributed by atoms with E-state index in [0.717, 1.165) is 18.5 Å². The van der Waals surface area contributed by atoms with Crippen LogP contribution < -0.4 is 0 Å². The van der Waals surface area contributed by atoms with Crippen molar-refractivity contribution in [2.45, 2.75) is 38.0 Å². The van der Waals surface area contributed by atoms with Crippen LogP contribution in [0.15, 0.2) is 18.3 Å². The Labute approximate surface area is 106 Å². The summed E-state index contributed by atoms with van der Waals surface area (Å²) >= 11 is 0. The zero-order valence-corrected chi connectivity index (χ0v) is 10.5. The van der Waals surface area contributed by atoms with E-state index in [-0.39, 0.29) is 30.5 Å². The fourth-order valence-electron chi connectivity index (χ4n) is 2.42. The number of fused-ring (bicyclic) bond motifs is 1. The molecule has 1 aromatic heterocycles. The molecule has 0 saturated carbocycles. The molecule has 1 aliphatic rings. The lowest BCUT2D eigenvalue weighted by molar-refractivity contribution is -0.142. The molecule has 0 amide bonds. The molecule has 96 valence electrons. The average molecular weight is 247 g/mol. The molecule has 1 unspecified atom stereocenters. The third-order valence-corrected chi connectivity index (χ3v) is 3.38. The van der Waals surface area contributed by atoms with Crippen molar-refractivity contribution in [2.24, 2.45) is 0 Å². The number of pyridine rings is 1. The van der Waals surface area contributed by atoms with Gasteiger partial charge in [0.1, 0.15) is 5.78 Å². The minimum Gasteiger partial charge on any atom is -0.469 e. The van der Waals surface area contributed by atoms with Crippen LogP contribution in [-0.2, 0) is 20.7 Å². The Bertz CT molecular complexity index is 456. The van der Waals surface area contributed by atoms with E-state index < -0.39 is 0 Å². The van der Waals surface area contributed by atoms with Gasteiger partial charge in [-0.25, -0.2) is 0 Å². The van der Waals surface area contributed by atoms with E-state index in [1.54, 1.807) is 6.20 Å². The summed E-state index contributed by atoms with van der Waals surface area (Å²) in [6, 6.07) is 4.00. The van der Waals surface area contributed by atoms with Gasteiger partial charge in [0, 0.05) is 30.7 Å². The zero-order valence-electron chi connectivity index (χ0n) is 10.5. The first-order valence-corrected chi connectivity index (χ1v) is 6.23. The van der Waals surface area contributed by atoms with Gasteiger partial charge in [0.2, 0.25) is 0 Å². The lowest BCUT2D eigenvalue weighted by Crippen LogP contribution is -2.09. The Morgan fingerprint density at radius 3 is 3.06 bits per heavy atom. The largest absolute Gasteiger partial charge is 0.469 e. The number of hydrogen-bond donors (Lipinski definition) is 0. The molecule has 0 radical (unpaired) electrons. The molecule has 0 N–H and O–H groups in total. The highest BCUT2D eigenvalue weighted by Crippen LogP contribution is 2.33. The quantitative estimate of drug-likeness (QED) is 0.747. The summed E-state index contributed by atoms with van der Waals surface area (Å²) in [5, 5.41) is 0. The summed E-state index contributed by atoms with van der Waals surface area (Å²) in [5.41, 5.74) is 2.31. The molecule has 0 bridgehead atoms. The molecule has 4 nitrogen and oxygen atoms in total. The number of rotatable bonds is 5. The number of esters is 1. The van der Waals surface area contributed by atoms with Crippen LogP contribution in [0.4, 0.5) is 0 Å². The van der Waals surface area contributed by atoms with Crippen LogP contribution in [-0.4, -0.2) is 23.8 Å². The highest BCUT2D eigenvalue weighted by molar-refractivity contribution is 5.83. The van der Waals surface area contributed by atoms with Crippen molar-refractivity contribution >= 4 is 11.8 Å². The SMILES string of the molecule is COC(=O)CCC(=O)CC1CCc2cccnc21. The normalized spacial score (nSPS) is 17.3. The number of aromatic nitrogens is 1. The van der Waals surface area contributed by atoms with Gasteiger partial charge in [-0.1, -0.05) is 6.07 Å². The van der Waals surface area contributed by atoms with Crippen molar-refractivity contribution in [1.29, 1.82) is 0 Å². The van der Waals surface area contributed by atoms with Crippen LogP contribution >= 0.6 is 0 Å². The van der Waals surface area contributed by atoms with Crippen molar-refractivity contribution < 1.29 is 14.3 Å². The Kier molecular flexibility index (Phi) is 4.07. The van der Waals surface area contributed by atoms with Gasteiger partial charge in [0.15, 0.2) is 0 Å². The van der Waals surface area contributed by atoms with Crippen LogP contribution in [0.3, 0.4) is 0 Å². The molecule has 0 saturated heterocycles. The molecular weight excluding hydrogens is 230 g/mol. The fraction of sp³-hybridized carbons (Fsp3) is 0.500. The van der Waals surface area contributed by atoms with Crippen molar-refractivity contribution in [2.75, 3.05) is 7.11 Å². The molecule has 0 spiro atoms. The number of carbonyl (C=O) groups is 2. The van der Waals surface area contributed by atoms with Crippen molar-refractivity contribution in [3.8, 4) is 0 Å². The maximum atomic E-state index is 11.8. The summed E-state index contributed by atoms with van der Waals surface area (Å²) in [6.07, 6.45) is 4.69. The van der Waals surface area contributed by atoms with E-state index in [1.165, 1.54) is 12.7 Å². The molecule has 2 rings (SSSR count). The highest BCUT2D eigenvalue weighted by atomic mass is 16.5. The number of hydrogen-bond acceptors (Lipinski definition) is 4. The van der Waals surface area contributed by atoms with E-state index in [0.29, 0.717) is 6.42 Å². The molecule has 1 atom stereocenters. The number of carbonyl (C=O) groups excluding carboxylic acids is 2. The number of nitrogens with zero attached hydrogens (tertiary/aromatic N) is 1. The van der Waals surface area contributed by atoms with Gasteiger partial charge in [-0.2, -0.15) is 0 Å². The summed E-state index contributed by atoms with van der Waals surface area (Å²) in [6.45, 7) is 0. The number of ketones is 1. The highest BCUT2D eigenvalue weighted by Gasteiger charge is 2.25. The number of Topliss-reactive ketones (excluding diaryl/α,β-unsaturated/α-hetero) is 1. The van der Waals surface area contributed by atoms with Gasteiger partial charge in [-0.3, -0.25) is 14.6 Å². The van der Waals surface area contributed by atoms with Crippen LogP contribution in [0, 0.1) is 0 Å². The van der Waals surface area contributed by atoms with Crippen molar-refractivity contribution in [1.82, 2.24) is 4.98 Å². The average Bonchev–Trinajstić information content (AvgIpc) is 2.79. The van der Waals surface area contributed by atoms with Crippen LogP contribution in [0.1, 0.15) is 42.9 Å². The third-order valence-electron chi connectivity index (χ3n) is 3.38. The number of methoxy groups -OCH3 is 1. The van der Waals surface area contributed by atoms with E-state index >= 15 is 0 Å². The van der Waals surface area contributed by atoms with Crippen molar-refractivity contribution in [3.63, 3.8) is 0 Å². The summed E-state index contributed by atoms with van der Waals surface area (Å²) < 4.78 is 4.52. The minimum atomic E-state index is -0.326. The molecule has 1 aromatic rings. The van der Waals surface area contributed by atoms with Crippen LogP contribution in [0.2, 0.25) is 0 Å². The summed E-state index contributed by atoms with van der Waals surface area (Å²) in [5.74, 6) is 0.0172. The van der Waals surface area contributed by atoms with Crippen LogP contribution in [0.25, 0.3) is 0 Å². The van der Waals surface area contributed by atoms with Gasteiger partial charge < -0.3 is 4.74 Å². The predicted molar refractivity (Wildman–Crippen MR) is 66.2 cm³/mol. The summed E-state index contributed by atoms with van der Waals surface area (Å²) in [4.78, 5) is 27.1. The second-order valence-electron chi connectivity index (χ2n) is 4.60. The van der Waals surface area contributed by atoms with E-state index in [4.69, 9.17) is 0 Å². The first kappa shape index (κ1) is 12.7. The minimum absolute atomic E-state index is 0.115. The molecule has 1 heterocycles. The van der Waals surface area contributed by atoms with E-state index in [2.05, 4.69) is 15.8 Å². The van der Waals surface area contributed by atoms with Gasteiger partial charge in [0.05, 0.1) is 13.5 Å². The second kappa shape index (κ2) is 5.76. The first-order chi connectivity index (χ1) is 8.70. The Morgan fingerprint density at radius 2 is 2.28 bits per heavy atom. The summed E-state index contributed by atoms with van der Waals surface area (Å²) in [7, 11) is 1.34. The monoisotopic (exact) mass is 247 g/mol. The molecule has 0 fully saturated rings. The third kappa shape index (κ3) is 2.94. The lowest BCUT2D eigenvalue weighted by atomic mass is 9.97. The van der Waals surface area contributed by atoms with E-state index in [1.807, 2.05) is 6.07 Å². The Hall–Kier alpha value is -1.71. The fourth-order valence-corrected chi connectivity index (χ4v) is 2.42. The molecule has 0 aliphatic heterocycles. The van der Waals surface area contributed by atoms with Gasteiger partial charge in [-0.15, -0.1) is 0 Å². The Balaban J connectivity index is 1.88. The second-order valence-corrected chi connectivity index (χ2v) is 4.60. The maximum absolute atomic E-state index is 11.8. The lowest BCUT2D eigenvalue weighted by Gasteiger charge is -2.09. The smallest absolute Gasteiger partial charge is 0.305 e. The molecule has 0 aromatic carbocycles. The predicted octanol–water partition coefficient (Wildman–Crippen LogP) is 2.02. The van der Waals surface area contributed by atoms with Crippen LogP contribution in [0.5, 0.6) is 0 Å². The molecule has 18 heavy (non-hydrogen) atoms.